The Morgan fingerprint density at radius 2 is 2.21 bits per heavy atom. The Labute approximate surface area is 140 Å². The highest BCUT2D eigenvalue weighted by Gasteiger charge is 2.20. The van der Waals surface area contributed by atoms with Crippen LogP contribution in [0.2, 0.25) is 0 Å². The molecule has 0 radical (unpaired) electrons. The summed E-state index contributed by atoms with van der Waals surface area (Å²) >= 11 is 0. The molecule has 1 aliphatic heterocycles. The third-order valence-electron chi connectivity index (χ3n) is 4.48. The van der Waals surface area contributed by atoms with Crippen molar-refractivity contribution in [2.24, 2.45) is 0 Å². The maximum Gasteiger partial charge on any atom is 0.154 e. The Morgan fingerprint density at radius 3 is 3.04 bits per heavy atom. The van der Waals surface area contributed by atoms with E-state index in [1.807, 2.05) is 22.7 Å². The number of methoxy groups -OCH3 is 1. The molecule has 0 aliphatic carbocycles. The zero-order valence-corrected chi connectivity index (χ0v) is 13.7. The van der Waals surface area contributed by atoms with Gasteiger partial charge >= 0.3 is 0 Å². The Hall–Kier alpha value is -2.44. The van der Waals surface area contributed by atoms with E-state index in [0.29, 0.717) is 6.61 Å². The Balaban J connectivity index is 1.74. The van der Waals surface area contributed by atoms with Crippen LogP contribution < -0.4 is 10.6 Å². The largest absolute Gasteiger partial charge is 0.382 e. The first kappa shape index (κ1) is 15.1. The molecular weight excluding hydrogens is 302 g/mol. The summed E-state index contributed by atoms with van der Waals surface area (Å²) in [5.41, 5.74) is 4.89. The second-order valence-electron chi connectivity index (χ2n) is 6.02. The molecule has 4 rings (SSSR count). The highest BCUT2D eigenvalue weighted by molar-refractivity contribution is 5.74. The van der Waals surface area contributed by atoms with Gasteiger partial charge in [-0.15, -0.1) is 0 Å². The van der Waals surface area contributed by atoms with E-state index in [4.69, 9.17) is 4.74 Å². The zero-order valence-electron chi connectivity index (χ0n) is 13.7. The molecule has 1 aliphatic rings. The predicted molar refractivity (Wildman–Crippen MR) is 93.1 cm³/mol. The van der Waals surface area contributed by atoms with Crippen LogP contribution in [-0.4, -0.2) is 34.9 Å². The van der Waals surface area contributed by atoms with Crippen LogP contribution in [0.15, 0.2) is 42.9 Å². The van der Waals surface area contributed by atoms with Gasteiger partial charge in [0.2, 0.25) is 0 Å². The second-order valence-corrected chi connectivity index (χ2v) is 6.02. The summed E-state index contributed by atoms with van der Waals surface area (Å²) in [5, 5.41) is 11.3. The van der Waals surface area contributed by atoms with Gasteiger partial charge in [0, 0.05) is 19.9 Å². The molecule has 24 heavy (non-hydrogen) atoms. The summed E-state index contributed by atoms with van der Waals surface area (Å²) in [6, 6.07) is 10.4. The monoisotopic (exact) mass is 323 g/mol. The molecule has 1 aromatic carbocycles. The molecule has 6 nitrogen and oxygen atoms in total. The smallest absolute Gasteiger partial charge is 0.154 e. The summed E-state index contributed by atoms with van der Waals surface area (Å²) in [6.45, 7) is 2.45. The molecule has 0 bridgehead atoms. The first-order valence-corrected chi connectivity index (χ1v) is 8.22. The van der Waals surface area contributed by atoms with Crippen LogP contribution >= 0.6 is 0 Å². The normalized spacial score (nSPS) is 15.2. The third-order valence-corrected chi connectivity index (χ3v) is 4.48. The zero-order chi connectivity index (χ0) is 16.4. The number of benzene rings is 1. The molecular formula is C18H21N5O. The van der Waals surface area contributed by atoms with E-state index in [0.717, 1.165) is 30.8 Å². The summed E-state index contributed by atoms with van der Waals surface area (Å²) < 4.78 is 7.35. The molecule has 0 fully saturated rings. The third kappa shape index (κ3) is 2.74. The van der Waals surface area contributed by atoms with Crippen LogP contribution in [0.3, 0.4) is 0 Å². The molecule has 0 unspecified atom stereocenters. The first-order chi connectivity index (χ1) is 11.9. The number of anilines is 1. The minimum absolute atomic E-state index is 0.0437. The number of hydrogen-bond donors (Lipinski definition) is 2. The van der Waals surface area contributed by atoms with Crippen molar-refractivity contribution in [2.75, 3.05) is 25.6 Å². The van der Waals surface area contributed by atoms with Gasteiger partial charge in [-0.3, -0.25) is 0 Å². The lowest BCUT2D eigenvalue weighted by molar-refractivity contribution is 0.186. The molecule has 6 heteroatoms. The summed E-state index contributed by atoms with van der Waals surface area (Å²) in [6.07, 6.45) is 4.69. The van der Waals surface area contributed by atoms with Crippen LogP contribution in [0, 0.1) is 0 Å². The minimum atomic E-state index is 0.0437. The lowest BCUT2D eigenvalue weighted by Gasteiger charge is -2.20. The topological polar surface area (TPSA) is 63.5 Å². The van der Waals surface area contributed by atoms with Gasteiger partial charge in [-0.2, -0.15) is 5.10 Å². The number of ether oxygens (including phenoxy) is 1. The van der Waals surface area contributed by atoms with Crippen molar-refractivity contribution in [3.63, 3.8) is 0 Å². The van der Waals surface area contributed by atoms with E-state index >= 15 is 0 Å². The fourth-order valence-electron chi connectivity index (χ4n) is 3.33. The Morgan fingerprint density at radius 1 is 1.33 bits per heavy atom. The van der Waals surface area contributed by atoms with Gasteiger partial charge in [-0.25, -0.2) is 9.50 Å². The first-order valence-electron chi connectivity index (χ1n) is 8.22. The minimum Gasteiger partial charge on any atom is -0.382 e. The second kappa shape index (κ2) is 6.59. The van der Waals surface area contributed by atoms with Crippen LogP contribution in [0.1, 0.15) is 22.7 Å². The van der Waals surface area contributed by atoms with Crippen molar-refractivity contribution in [1.82, 2.24) is 19.9 Å². The number of nitrogens with one attached hydrogen (secondary N) is 2. The molecule has 3 heterocycles. The van der Waals surface area contributed by atoms with Gasteiger partial charge in [0.15, 0.2) is 5.82 Å². The van der Waals surface area contributed by atoms with Gasteiger partial charge in [-0.1, -0.05) is 30.3 Å². The molecule has 1 atom stereocenters. The van der Waals surface area contributed by atoms with E-state index in [1.54, 1.807) is 13.4 Å². The van der Waals surface area contributed by atoms with Crippen LogP contribution in [0.25, 0.3) is 5.52 Å². The highest BCUT2D eigenvalue weighted by atomic mass is 16.5. The lowest BCUT2D eigenvalue weighted by atomic mass is 10.0. The number of rotatable bonds is 5. The molecule has 0 spiro atoms. The van der Waals surface area contributed by atoms with Crippen LogP contribution in [0.4, 0.5) is 5.82 Å². The van der Waals surface area contributed by atoms with E-state index in [2.05, 4.69) is 39.0 Å². The lowest BCUT2D eigenvalue weighted by Crippen LogP contribution is -2.22. The van der Waals surface area contributed by atoms with Crippen molar-refractivity contribution < 1.29 is 4.74 Å². The summed E-state index contributed by atoms with van der Waals surface area (Å²) in [4.78, 5) is 4.52. The van der Waals surface area contributed by atoms with Crippen molar-refractivity contribution >= 4 is 11.3 Å². The van der Waals surface area contributed by atoms with Gasteiger partial charge in [0.25, 0.3) is 0 Å². The average Bonchev–Trinajstić information content (AvgIpc) is 3.01. The van der Waals surface area contributed by atoms with E-state index in [-0.39, 0.29) is 6.04 Å². The van der Waals surface area contributed by atoms with Crippen molar-refractivity contribution in [3.8, 4) is 0 Å². The number of nitrogens with zero attached hydrogens (tertiary/aromatic N) is 3. The van der Waals surface area contributed by atoms with Gasteiger partial charge < -0.3 is 15.4 Å². The highest BCUT2D eigenvalue weighted by Crippen LogP contribution is 2.28. The number of aromatic nitrogens is 3. The van der Waals surface area contributed by atoms with E-state index < -0.39 is 0 Å². The van der Waals surface area contributed by atoms with Crippen molar-refractivity contribution in [2.45, 2.75) is 19.0 Å². The molecule has 0 saturated heterocycles. The van der Waals surface area contributed by atoms with Gasteiger partial charge in [0.1, 0.15) is 11.8 Å². The summed E-state index contributed by atoms with van der Waals surface area (Å²) in [5.74, 6) is 0.860. The van der Waals surface area contributed by atoms with E-state index in [9.17, 15) is 0 Å². The molecule has 2 N–H and O–H groups in total. The Kier molecular flexibility index (Phi) is 4.15. The number of hydrogen-bond acceptors (Lipinski definition) is 5. The quantitative estimate of drug-likeness (QED) is 0.753. The van der Waals surface area contributed by atoms with E-state index in [1.165, 1.54) is 16.7 Å². The molecule has 124 valence electrons. The maximum atomic E-state index is 5.41. The molecule has 2 aromatic heterocycles. The summed E-state index contributed by atoms with van der Waals surface area (Å²) in [7, 11) is 1.72. The van der Waals surface area contributed by atoms with Gasteiger partial charge in [0.05, 0.1) is 12.6 Å². The maximum absolute atomic E-state index is 5.41. The van der Waals surface area contributed by atoms with Crippen LogP contribution in [0.5, 0.6) is 0 Å². The number of fused-ring (bicyclic) bond motifs is 3. The molecule has 3 aromatic rings. The van der Waals surface area contributed by atoms with Gasteiger partial charge in [-0.05, 0) is 29.7 Å². The fourth-order valence-corrected chi connectivity index (χ4v) is 3.33. The molecule has 0 amide bonds. The SMILES string of the molecule is COC[C@@H](Nc1ncnn2cc3c(c12)CCNC3)c1ccccc1. The van der Waals surface area contributed by atoms with Crippen molar-refractivity contribution in [3.05, 3.63) is 59.5 Å². The van der Waals surface area contributed by atoms with Crippen LogP contribution in [-0.2, 0) is 17.7 Å². The predicted octanol–water partition coefficient (Wildman–Crippen LogP) is 2.17. The standard InChI is InChI=1S/C18H21N5O/c1-24-11-16(13-5-3-2-4-6-13)22-18-17-15-7-8-19-9-14(15)10-23(17)21-12-20-18/h2-6,10,12,16,19H,7-9,11H2,1H3,(H,20,21,22)/t16-/m1/s1. The Bertz CT molecular complexity index is 830. The fraction of sp³-hybridized carbons (Fsp3) is 0.333. The molecule has 0 saturated carbocycles. The average molecular weight is 323 g/mol. The van der Waals surface area contributed by atoms with Crippen molar-refractivity contribution in [1.29, 1.82) is 0 Å².